The Kier molecular flexibility index (Phi) is 4.19. The van der Waals surface area contributed by atoms with E-state index < -0.39 is 0 Å². The van der Waals surface area contributed by atoms with Gasteiger partial charge in [0, 0.05) is 12.6 Å². The lowest BCUT2D eigenvalue weighted by atomic mass is 9.97. The lowest BCUT2D eigenvalue weighted by molar-refractivity contribution is 0.235. The van der Waals surface area contributed by atoms with E-state index in [0.29, 0.717) is 6.04 Å². The highest BCUT2D eigenvalue weighted by molar-refractivity contribution is 5.36. The minimum absolute atomic E-state index is 0.287. The predicted octanol–water partition coefficient (Wildman–Crippen LogP) is 2.55. The van der Waals surface area contributed by atoms with E-state index in [9.17, 15) is 0 Å². The number of fused-ring (bicyclic) bond motifs is 1. The predicted molar refractivity (Wildman–Crippen MR) is 71.2 cm³/mol. The van der Waals surface area contributed by atoms with Gasteiger partial charge in [0.05, 0.1) is 0 Å². The maximum atomic E-state index is 8.98. The van der Waals surface area contributed by atoms with E-state index in [1.54, 1.807) is 5.56 Å². The smallest absolute Gasteiger partial charge is 0.0431 e. The highest BCUT2D eigenvalue weighted by Crippen LogP contribution is 2.29. The van der Waals surface area contributed by atoms with E-state index in [0.717, 1.165) is 12.8 Å². The van der Waals surface area contributed by atoms with E-state index in [1.165, 1.54) is 30.4 Å². The summed E-state index contributed by atoms with van der Waals surface area (Å²) < 4.78 is 0. The quantitative estimate of drug-likeness (QED) is 0.845. The van der Waals surface area contributed by atoms with Gasteiger partial charge in [-0.1, -0.05) is 18.2 Å². The molecule has 0 saturated heterocycles. The molecule has 1 N–H and O–H groups in total. The van der Waals surface area contributed by atoms with Crippen molar-refractivity contribution >= 4 is 0 Å². The number of rotatable bonds is 5. The fourth-order valence-electron chi connectivity index (χ4n) is 2.81. The summed E-state index contributed by atoms with van der Waals surface area (Å²) in [5, 5.41) is 8.98. The fraction of sp³-hybridized carbons (Fsp3) is 0.600. The van der Waals surface area contributed by atoms with Crippen LogP contribution >= 0.6 is 0 Å². The molecule has 1 aromatic rings. The number of nitrogens with zero attached hydrogens (tertiary/aromatic N) is 1. The molecule has 2 nitrogen and oxygen atoms in total. The van der Waals surface area contributed by atoms with Crippen LogP contribution in [-0.4, -0.2) is 30.7 Å². The third kappa shape index (κ3) is 2.88. The molecule has 1 unspecified atom stereocenters. The third-order valence-corrected chi connectivity index (χ3v) is 3.77. The van der Waals surface area contributed by atoms with Crippen molar-refractivity contribution in [2.24, 2.45) is 0 Å². The fourth-order valence-corrected chi connectivity index (χ4v) is 2.81. The number of hydrogen-bond donors (Lipinski definition) is 1. The summed E-state index contributed by atoms with van der Waals surface area (Å²) >= 11 is 0. The first-order valence-corrected chi connectivity index (χ1v) is 6.61. The average Bonchev–Trinajstić information content (AvgIpc) is 2.76. The standard InChI is InChI=1S/C15H23NO/c1-16(2)15(7-4-10-17)14-9-8-12-5-3-6-13(12)11-14/h8-9,11,15,17H,3-7,10H2,1-2H3. The minimum Gasteiger partial charge on any atom is -0.396 e. The first-order valence-electron chi connectivity index (χ1n) is 6.61. The minimum atomic E-state index is 0.287. The van der Waals surface area contributed by atoms with E-state index >= 15 is 0 Å². The van der Waals surface area contributed by atoms with Gasteiger partial charge >= 0.3 is 0 Å². The van der Waals surface area contributed by atoms with Crippen LogP contribution in [0, 0.1) is 0 Å². The normalized spacial score (nSPS) is 16.2. The van der Waals surface area contributed by atoms with Gasteiger partial charge in [-0.25, -0.2) is 0 Å². The molecule has 0 fully saturated rings. The highest BCUT2D eigenvalue weighted by Gasteiger charge is 2.17. The third-order valence-electron chi connectivity index (χ3n) is 3.77. The molecule has 0 bridgehead atoms. The number of aryl methyl sites for hydroxylation is 2. The van der Waals surface area contributed by atoms with Gasteiger partial charge in [-0.15, -0.1) is 0 Å². The van der Waals surface area contributed by atoms with E-state index in [1.807, 2.05) is 0 Å². The maximum Gasteiger partial charge on any atom is 0.0431 e. The molecule has 1 aliphatic rings. The van der Waals surface area contributed by atoms with Gasteiger partial charge in [0.15, 0.2) is 0 Å². The second-order valence-electron chi connectivity index (χ2n) is 5.23. The molecule has 0 aliphatic heterocycles. The Balaban J connectivity index is 2.17. The van der Waals surface area contributed by atoms with Gasteiger partial charge in [0.1, 0.15) is 0 Å². The Morgan fingerprint density at radius 1 is 1.24 bits per heavy atom. The Morgan fingerprint density at radius 3 is 2.71 bits per heavy atom. The van der Waals surface area contributed by atoms with Crippen LogP contribution in [0.2, 0.25) is 0 Å². The second-order valence-corrected chi connectivity index (χ2v) is 5.23. The summed E-state index contributed by atoms with van der Waals surface area (Å²) in [4.78, 5) is 2.26. The van der Waals surface area contributed by atoms with Crippen molar-refractivity contribution < 1.29 is 5.11 Å². The topological polar surface area (TPSA) is 23.5 Å². The Bertz CT molecular complexity index is 373. The zero-order valence-electron chi connectivity index (χ0n) is 10.9. The van der Waals surface area contributed by atoms with E-state index in [4.69, 9.17) is 5.11 Å². The summed E-state index contributed by atoms with van der Waals surface area (Å²) in [6, 6.07) is 7.39. The molecule has 17 heavy (non-hydrogen) atoms. The molecule has 1 aromatic carbocycles. The van der Waals surface area contributed by atoms with Gasteiger partial charge in [-0.2, -0.15) is 0 Å². The molecule has 0 amide bonds. The summed E-state index contributed by atoms with van der Waals surface area (Å²) in [5.74, 6) is 0. The number of aliphatic hydroxyl groups excluding tert-OH is 1. The molecule has 2 heteroatoms. The Hall–Kier alpha value is -0.860. The van der Waals surface area contributed by atoms with Crippen LogP contribution < -0.4 is 0 Å². The average molecular weight is 233 g/mol. The molecule has 1 aliphatic carbocycles. The van der Waals surface area contributed by atoms with E-state index in [-0.39, 0.29) is 6.61 Å². The van der Waals surface area contributed by atoms with Crippen LogP contribution in [0.5, 0.6) is 0 Å². The van der Waals surface area contributed by atoms with Crippen LogP contribution in [-0.2, 0) is 12.8 Å². The van der Waals surface area contributed by atoms with Crippen molar-refractivity contribution in [2.45, 2.75) is 38.1 Å². The van der Waals surface area contributed by atoms with Crippen LogP contribution in [0.15, 0.2) is 18.2 Å². The molecule has 0 saturated carbocycles. The van der Waals surface area contributed by atoms with Gasteiger partial charge in [0.2, 0.25) is 0 Å². The summed E-state index contributed by atoms with van der Waals surface area (Å²) in [5.41, 5.74) is 4.48. The first kappa shape index (κ1) is 12.6. The van der Waals surface area contributed by atoms with Crippen molar-refractivity contribution in [1.29, 1.82) is 0 Å². The monoisotopic (exact) mass is 233 g/mol. The molecule has 1 atom stereocenters. The molecule has 0 spiro atoms. The lowest BCUT2D eigenvalue weighted by Gasteiger charge is -2.25. The summed E-state index contributed by atoms with van der Waals surface area (Å²) in [6.45, 7) is 0.287. The van der Waals surface area contributed by atoms with Crippen LogP contribution in [0.3, 0.4) is 0 Å². The number of aliphatic hydroxyl groups is 1. The zero-order valence-corrected chi connectivity index (χ0v) is 10.9. The van der Waals surface area contributed by atoms with Gasteiger partial charge < -0.3 is 10.0 Å². The van der Waals surface area contributed by atoms with Gasteiger partial charge in [0.25, 0.3) is 0 Å². The summed E-state index contributed by atoms with van der Waals surface area (Å²) in [6.07, 6.45) is 5.70. The molecular weight excluding hydrogens is 210 g/mol. The molecule has 94 valence electrons. The maximum absolute atomic E-state index is 8.98. The SMILES string of the molecule is CN(C)C(CCCO)c1ccc2c(c1)CCC2. The van der Waals surface area contributed by atoms with E-state index in [2.05, 4.69) is 37.2 Å². The number of hydrogen-bond acceptors (Lipinski definition) is 2. The van der Waals surface area contributed by atoms with Crippen molar-refractivity contribution in [3.8, 4) is 0 Å². The molecule has 2 rings (SSSR count). The lowest BCUT2D eigenvalue weighted by Crippen LogP contribution is -2.20. The van der Waals surface area contributed by atoms with Crippen LogP contribution in [0.25, 0.3) is 0 Å². The Morgan fingerprint density at radius 2 is 2.00 bits per heavy atom. The van der Waals surface area contributed by atoms with Crippen molar-refractivity contribution in [2.75, 3.05) is 20.7 Å². The first-order chi connectivity index (χ1) is 8.22. The molecular formula is C15H23NO. The number of benzene rings is 1. The zero-order chi connectivity index (χ0) is 12.3. The summed E-state index contributed by atoms with van der Waals surface area (Å²) in [7, 11) is 4.24. The van der Waals surface area contributed by atoms with Gasteiger partial charge in [-0.05, 0) is 62.9 Å². The van der Waals surface area contributed by atoms with Crippen LogP contribution in [0.4, 0.5) is 0 Å². The highest BCUT2D eigenvalue weighted by atomic mass is 16.2. The van der Waals surface area contributed by atoms with Crippen LogP contribution in [0.1, 0.15) is 42.0 Å². The molecule has 0 heterocycles. The largest absolute Gasteiger partial charge is 0.396 e. The van der Waals surface area contributed by atoms with Crippen molar-refractivity contribution in [3.05, 3.63) is 34.9 Å². The van der Waals surface area contributed by atoms with Crippen molar-refractivity contribution in [3.63, 3.8) is 0 Å². The molecule has 0 radical (unpaired) electrons. The van der Waals surface area contributed by atoms with Gasteiger partial charge in [-0.3, -0.25) is 0 Å². The second kappa shape index (κ2) is 5.65. The van der Waals surface area contributed by atoms with Crippen molar-refractivity contribution in [1.82, 2.24) is 4.90 Å². The molecule has 0 aromatic heterocycles. The Labute approximate surface area is 104 Å².